The molecule has 0 aliphatic carbocycles. The summed E-state index contributed by atoms with van der Waals surface area (Å²) in [6, 6.07) is 2.14. The first-order valence-corrected chi connectivity index (χ1v) is 5.02. The van der Waals surface area contributed by atoms with Crippen LogP contribution in [-0.4, -0.2) is 23.0 Å². The van der Waals surface area contributed by atoms with E-state index < -0.39 is 0 Å². The number of hydrogen-bond acceptors (Lipinski definition) is 4. The predicted octanol–water partition coefficient (Wildman–Crippen LogP) is 1.80. The van der Waals surface area contributed by atoms with Crippen LogP contribution >= 0.6 is 11.3 Å². The second-order valence-electron chi connectivity index (χ2n) is 3.08. The quantitative estimate of drug-likeness (QED) is 0.738. The zero-order valence-electron chi connectivity index (χ0n) is 8.11. The molecule has 0 N–H and O–H groups in total. The first-order valence-electron chi connectivity index (χ1n) is 4.14. The normalized spacial score (nSPS) is 12.8. The number of thiazole rings is 1. The van der Waals surface area contributed by atoms with Gasteiger partial charge in [0, 0.05) is 11.9 Å². The number of aryl methyl sites for hydroxylation is 1. The predicted molar refractivity (Wildman–Crippen MR) is 53.4 cm³/mol. The fourth-order valence-electron chi connectivity index (χ4n) is 0.972. The van der Waals surface area contributed by atoms with Crippen molar-refractivity contribution in [1.29, 1.82) is 5.26 Å². The average Bonchev–Trinajstić information content (AvgIpc) is 2.49. The highest BCUT2D eigenvalue weighted by Crippen LogP contribution is 2.10. The van der Waals surface area contributed by atoms with Gasteiger partial charge in [0.05, 0.1) is 22.8 Å². The molecule has 0 amide bonds. The summed E-state index contributed by atoms with van der Waals surface area (Å²) in [5.74, 6) is 0. The van der Waals surface area contributed by atoms with E-state index in [2.05, 4.69) is 11.1 Å². The van der Waals surface area contributed by atoms with E-state index in [4.69, 9.17) is 5.26 Å². The van der Waals surface area contributed by atoms with Crippen molar-refractivity contribution in [3.63, 3.8) is 0 Å². The third kappa shape index (κ3) is 2.79. The van der Waals surface area contributed by atoms with Crippen LogP contribution < -0.4 is 0 Å². The van der Waals surface area contributed by atoms with E-state index in [0.717, 1.165) is 17.2 Å². The van der Waals surface area contributed by atoms with Crippen LogP contribution in [0.1, 0.15) is 17.6 Å². The Bertz CT molecular complexity index is 313. The lowest BCUT2D eigenvalue weighted by molar-refractivity contribution is 0.291. The monoisotopic (exact) mass is 195 g/mol. The van der Waals surface area contributed by atoms with Crippen LogP contribution in [0.4, 0.5) is 0 Å². The summed E-state index contributed by atoms with van der Waals surface area (Å²) in [7, 11) is 1.93. The molecule has 3 nitrogen and oxygen atoms in total. The molecule has 0 aliphatic heterocycles. The molecule has 0 aliphatic rings. The molecule has 0 spiro atoms. The third-order valence-electron chi connectivity index (χ3n) is 1.93. The Morgan fingerprint density at radius 1 is 1.77 bits per heavy atom. The Morgan fingerprint density at radius 2 is 2.46 bits per heavy atom. The van der Waals surface area contributed by atoms with Crippen molar-refractivity contribution in [1.82, 2.24) is 9.88 Å². The number of aromatic nitrogens is 1. The van der Waals surface area contributed by atoms with Gasteiger partial charge in [-0.3, -0.25) is 4.90 Å². The fourth-order valence-corrected chi connectivity index (χ4v) is 1.58. The molecule has 1 aromatic rings. The van der Waals surface area contributed by atoms with Gasteiger partial charge in [-0.05, 0) is 20.9 Å². The van der Waals surface area contributed by atoms with Crippen molar-refractivity contribution in [2.24, 2.45) is 0 Å². The molecular formula is C9H13N3S. The number of rotatable bonds is 3. The molecule has 0 saturated carbocycles. The number of hydrogen-bond donors (Lipinski definition) is 0. The standard InChI is InChI=1S/C9H13N3S/c1-7(4-10)12(3)5-9-6-13-8(2)11-9/h6-7H,5H2,1-3H3. The molecule has 0 radical (unpaired) electrons. The van der Waals surface area contributed by atoms with Crippen molar-refractivity contribution in [2.45, 2.75) is 26.4 Å². The van der Waals surface area contributed by atoms with E-state index in [1.807, 2.05) is 31.2 Å². The van der Waals surface area contributed by atoms with E-state index >= 15 is 0 Å². The van der Waals surface area contributed by atoms with Crippen LogP contribution in [0.15, 0.2) is 5.38 Å². The summed E-state index contributed by atoms with van der Waals surface area (Å²) in [6.07, 6.45) is 0. The fraction of sp³-hybridized carbons (Fsp3) is 0.556. The number of nitriles is 1. The zero-order chi connectivity index (χ0) is 9.84. The summed E-state index contributed by atoms with van der Waals surface area (Å²) < 4.78 is 0. The largest absolute Gasteiger partial charge is 0.285 e. The minimum Gasteiger partial charge on any atom is -0.285 e. The molecule has 0 aromatic carbocycles. The van der Waals surface area contributed by atoms with Gasteiger partial charge in [0.1, 0.15) is 0 Å². The lowest BCUT2D eigenvalue weighted by Gasteiger charge is -2.16. The highest BCUT2D eigenvalue weighted by molar-refractivity contribution is 7.09. The zero-order valence-corrected chi connectivity index (χ0v) is 8.93. The minimum absolute atomic E-state index is 0.0537. The van der Waals surface area contributed by atoms with E-state index in [9.17, 15) is 0 Å². The van der Waals surface area contributed by atoms with Crippen LogP contribution in [0.3, 0.4) is 0 Å². The van der Waals surface area contributed by atoms with Gasteiger partial charge in [0.25, 0.3) is 0 Å². The van der Waals surface area contributed by atoms with Crippen LogP contribution in [0, 0.1) is 18.3 Å². The summed E-state index contributed by atoms with van der Waals surface area (Å²) in [5.41, 5.74) is 1.05. The van der Waals surface area contributed by atoms with Gasteiger partial charge < -0.3 is 0 Å². The first-order chi connectivity index (χ1) is 6.13. The average molecular weight is 195 g/mol. The molecule has 1 atom stereocenters. The summed E-state index contributed by atoms with van der Waals surface area (Å²) in [6.45, 7) is 4.63. The Hall–Kier alpha value is -0.920. The molecule has 4 heteroatoms. The SMILES string of the molecule is Cc1nc(CN(C)C(C)C#N)cs1. The molecule has 1 rings (SSSR count). The molecule has 70 valence electrons. The lowest BCUT2D eigenvalue weighted by atomic mass is 10.3. The molecule has 0 bridgehead atoms. The summed E-state index contributed by atoms with van der Waals surface area (Å²) in [5, 5.41) is 11.8. The van der Waals surface area contributed by atoms with E-state index in [1.54, 1.807) is 11.3 Å². The molecule has 13 heavy (non-hydrogen) atoms. The molecule has 1 heterocycles. The minimum atomic E-state index is -0.0537. The van der Waals surface area contributed by atoms with Crippen LogP contribution in [0.5, 0.6) is 0 Å². The van der Waals surface area contributed by atoms with Crippen LogP contribution in [0.25, 0.3) is 0 Å². The summed E-state index contributed by atoms with van der Waals surface area (Å²) >= 11 is 1.65. The molecule has 0 fully saturated rings. The second-order valence-corrected chi connectivity index (χ2v) is 4.14. The van der Waals surface area contributed by atoms with Crippen molar-refractivity contribution in [3.8, 4) is 6.07 Å². The smallest absolute Gasteiger partial charge is 0.0950 e. The van der Waals surface area contributed by atoms with E-state index in [-0.39, 0.29) is 6.04 Å². The van der Waals surface area contributed by atoms with Crippen LogP contribution in [0.2, 0.25) is 0 Å². The topological polar surface area (TPSA) is 39.9 Å². The Kier molecular flexibility index (Phi) is 3.40. The molecule has 1 unspecified atom stereocenters. The number of nitrogens with zero attached hydrogens (tertiary/aromatic N) is 3. The highest BCUT2D eigenvalue weighted by atomic mass is 32.1. The van der Waals surface area contributed by atoms with E-state index in [0.29, 0.717) is 0 Å². The van der Waals surface area contributed by atoms with Gasteiger partial charge >= 0.3 is 0 Å². The van der Waals surface area contributed by atoms with Crippen molar-refractivity contribution in [3.05, 3.63) is 16.1 Å². The maximum Gasteiger partial charge on any atom is 0.0950 e. The molecule has 0 saturated heterocycles. The maximum absolute atomic E-state index is 8.68. The Labute approximate surface area is 82.6 Å². The second kappa shape index (κ2) is 4.35. The maximum atomic E-state index is 8.68. The Morgan fingerprint density at radius 3 is 2.92 bits per heavy atom. The molecular weight excluding hydrogens is 182 g/mol. The highest BCUT2D eigenvalue weighted by Gasteiger charge is 2.09. The molecule has 1 aromatic heterocycles. The Balaban J connectivity index is 2.55. The van der Waals surface area contributed by atoms with Crippen LogP contribution in [-0.2, 0) is 6.54 Å². The van der Waals surface area contributed by atoms with Gasteiger partial charge in [0.2, 0.25) is 0 Å². The third-order valence-corrected chi connectivity index (χ3v) is 2.75. The van der Waals surface area contributed by atoms with Gasteiger partial charge in [-0.2, -0.15) is 5.26 Å². The first kappa shape index (κ1) is 10.2. The van der Waals surface area contributed by atoms with Gasteiger partial charge in [-0.1, -0.05) is 0 Å². The van der Waals surface area contributed by atoms with Gasteiger partial charge in [-0.25, -0.2) is 4.98 Å². The van der Waals surface area contributed by atoms with Crippen molar-refractivity contribution < 1.29 is 0 Å². The van der Waals surface area contributed by atoms with Crippen molar-refractivity contribution >= 4 is 11.3 Å². The lowest BCUT2D eigenvalue weighted by Crippen LogP contribution is -2.27. The van der Waals surface area contributed by atoms with Gasteiger partial charge in [-0.15, -0.1) is 11.3 Å². The van der Waals surface area contributed by atoms with Crippen molar-refractivity contribution in [2.75, 3.05) is 7.05 Å². The summed E-state index contributed by atoms with van der Waals surface area (Å²) in [4.78, 5) is 6.32. The van der Waals surface area contributed by atoms with E-state index in [1.165, 1.54) is 0 Å². The van der Waals surface area contributed by atoms with Gasteiger partial charge in [0.15, 0.2) is 0 Å².